The predicted molar refractivity (Wildman–Crippen MR) is 225 cm³/mol. The Balaban J connectivity index is 0.737. The summed E-state index contributed by atoms with van der Waals surface area (Å²) in [7, 11) is 0. The number of carbonyl (C=O) groups is 5. The average molecular weight is 817 g/mol. The maximum absolute atomic E-state index is 13.6. The smallest absolute Gasteiger partial charge is 0.262 e. The molecule has 0 saturated carbocycles. The standard InChI is InChI=1S/C45H49ClN8O5/c1-29-45(17-22-53(29)34-8-10-38(47-2)37(46)28-34)15-20-50(21-16-45)31-5-3-30(4-6-31)42(57)52-25-23-51(24-26-52)32-13-18-49(19-14-32)33-7-9-35-36(27-33)44(59)54(43(35)58)39-11-12-40(55)48-41(39)56/h3-10,27-29,32,39H,11-26H2,1H3,(H,48,55,56). The topological polar surface area (TPSA) is 121 Å². The zero-order valence-corrected chi connectivity index (χ0v) is 34.1. The number of nitrogens with one attached hydrogen (secondary N) is 1. The van der Waals surface area contributed by atoms with Gasteiger partial charge in [0.15, 0.2) is 0 Å². The lowest BCUT2D eigenvalue weighted by atomic mass is 9.73. The van der Waals surface area contributed by atoms with Gasteiger partial charge in [-0.3, -0.25) is 39.1 Å². The van der Waals surface area contributed by atoms with Gasteiger partial charge in [0.25, 0.3) is 17.7 Å². The summed E-state index contributed by atoms with van der Waals surface area (Å²) in [5.74, 6) is -1.91. The molecule has 0 aromatic heterocycles. The minimum Gasteiger partial charge on any atom is -0.371 e. The summed E-state index contributed by atoms with van der Waals surface area (Å²) in [6, 6.07) is 19.1. The number of carbonyl (C=O) groups excluding carboxylic acids is 5. The van der Waals surface area contributed by atoms with Crippen LogP contribution in [0.3, 0.4) is 0 Å². The molecule has 1 N–H and O–H groups in total. The van der Waals surface area contributed by atoms with Crippen LogP contribution in [-0.2, 0) is 9.59 Å². The summed E-state index contributed by atoms with van der Waals surface area (Å²) in [6.45, 7) is 17.2. The van der Waals surface area contributed by atoms with Gasteiger partial charge in [-0.05, 0) is 105 Å². The van der Waals surface area contributed by atoms with Crippen LogP contribution in [0, 0.1) is 12.0 Å². The third-order valence-electron chi connectivity index (χ3n) is 14.2. The van der Waals surface area contributed by atoms with E-state index in [1.165, 1.54) is 0 Å². The summed E-state index contributed by atoms with van der Waals surface area (Å²) >= 11 is 6.39. The van der Waals surface area contributed by atoms with E-state index in [1.54, 1.807) is 12.1 Å². The van der Waals surface area contributed by atoms with Gasteiger partial charge < -0.3 is 19.6 Å². The highest BCUT2D eigenvalue weighted by Crippen LogP contribution is 2.48. The molecular formula is C45H49ClN8O5. The second-order valence-corrected chi connectivity index (χ2v) is 17.4. The van der Waals surface area contributed by atoms with Crippen molar-refractivity contribution in [3.63, 3.8) is 0 Å². The lowest BCUT2D eigenvalue weighted by Crippen LogP contribution is -2.54. The predicted octanol–water partition coefficient (Wildman–Crippen LogP) is 5.60. The molecule has 0 aliphatic carbocycles. The maximum atomic E-state index is 13.6. The Morgan fingerprint density at radius 1 is 0.746 bits per heavy atom. The molecule has 9 rings (SSSR count). The summed E-state index contributed by atoms with van der Waals surface area (Å²) in [5.41, 5.74) is 5.18. The second kappa shape index (κ2) is 15.6. The van der Waals surface area contributed by atoms with E-state index in [0.29, 0.717) is 41.4 Å². The number of hydrogen-bond donors (Lipinski definition) is 1. The number of piperidine rings is 3. The van der Waals surface area contributed by atoms with Crippen LogP contribution in [0.15, 0.2) is 60.7 Å². The van der Waals surface area contributed by atoms with Crippen molar-refractivity contribution in [3.8, 4) is 0 Å². The first kappa shape index (κ1) is 39.0. The Morgan fingerprint density at radius 2 is 1.39 bits per heavy atom. The molecule has 5 fully saturated rings. The number of piperazine rings is 1. The molecule has 0 bridgehead atoms. The van der Waals surface area contributed by atoms with E-state index in [4.69, 9.17) is 18.2 Å². The van der Waals surface area contributed by atoms with Gasteiger partial charge >= 0.3 is 0 Å². The highest BCUT2D eigenvalue weighted by Gasteiger charge is 2.47. The van der Waals surface area contributed by atoms with E-state index in [2.05, 4.69) is 48.8 Å². The minimum absolute atomic E-state index is 0.0776. The quantitative estimate of drug-likeness (QED) is 0.250. The van der Waals surface area contributed by atoms with Crippen LogP contribution in [0.4, 0.5) is 22.7 Å². The van der Waals surface area contributed by atoms with Crippen molar-refractivity contribution in [1.29, 1.82) is 0 Å². The van der Waals surface area contributed by atoms with E-state index in [1.807, 2.05) is 41.3 Å². The van der Waals surface area contributed by atoms with Crippen LogP contribution in [-0.4, -0.2) is 121 Å². The molecule has 14 heteroatoms. The van der Waals surface area contributed by atoms with Crippen LogP contribution < -0.4 is 20.0 Å². The third kappa shape index (κ3) is 7.10. The number of imide groups is 2. The number of anilines is 3. The molecule has 3 aromatic carbocycles. The Bertz CT molecular complexity index is 2230. The number of hydrogen-bond acceptors (Lipinski definition) is 9. The summed E-state index contributed by atoms with van der Waals surface area (Å²) in [5, 5.41) is 2.76. The molecule has 1 spiro atoms. The highest BCUT2D eigenvalue weighted by atomic mass is 35.5. The second-order valence-electron chi connectivity index (χ2n) is 17.0. The van der Waals surface area contributed by atoms with Gasteiger partial charge in [0.1, 0.15) is 6.04 Å². The third-order valence-corrected chi connectivity index (χ3v) is 14.5. The van der Waals surface area contributed by atoms with Gasteiger partial charge in [0.2, 0.25) is 17.5 Å². The first-order valence-corrected chi connectivity index (χ1v) is 21.3. The fourth-order valence-electron chi connectivity index (χ4n) is 10.5. The molecule has 13 nitrogen and oxygen atoms in total. The van der Waals surface area contributed by atoms with E-state index < -0.39 is 29.7 Å². The first-order valence-electron chi connectivity index (χ1n) is 21.0. The molecule has 6 aliphatic heterocycles. The van der Waals surface area contributed by atoms with Crippen molar-refractivity contribution < 1.29 is 24.0 Å². The molecule has 2 unspecified atom stereocenters. The van der Waals surface area contributed by atoms with E-state index in [0.717, 1.165) is 105 Å². The van der Waals surface area contributed by atoms with Crippen molar-refractivity contribution in [2.24, 2.45) is 5.41 Å². The van der Waals surface area contributed by atoms with Crippen LogP contribution in [0.25, 0.3) is 4.85 Å². The maximum Gasteiger partial charge on any atom is 0.262 e. The molecule has 2 atom stereocenters. The highest BCUT2D eigenvalue weighted by molar-refractivity contribution is 6.33. The minimum atomic E-state index is -0.978. The van der Waals surface area contributed by atoms with Gasteiger partial charge in [-0.15, -0.1) is 0 Å². The van der Waals surface area contributed by atoms with Crippen molar-refractivity contribution >= 4 is 63.9 Å². The van der Waals surface area contributed by atoms with Gasteiger partial charge in [-0.25, -0.2) is 4.85 Å². The van der Waals surface area contributed by atoms with Crippen LogP contribution in [0.5, 0.6) is 0 Å². The van der Waals surface area contributed by atoms with Crippen LogP contribution >= 0.6 is 11.6 Å². The Kier molecular flexibility index (Phi) is 10.3. The molecular weight excluding hydrogens is 768 g/mol. The van der Waals surface area contributed by atoms with Gasteiger partial charge in [-0.1, -0.05) is 17.7 Å². The molecule has 5 amide bonds. The van der Waals surface area contributed by atoms with E-state index in [-0.39, 0.29) is 29.7 Å². The fourth-order valence-corrected chi connectivity index (χ4v) is 10.7. The van der Waals surface area contributed by atoms with Gasteiger partial charge in [0, 0.05) is 105 Å². The zero-order chi connectivity index (χ0) is 41.0. The number of rotatable bonds is 6. The monoisotopic (exact) mass is 816 g/mol. The van der Waals surface area contributed by atoms with Crippen molar-refractivity contribution in [2.45, 2.75) is 70.0 Å². The molecule has 0 radical (unpaired) electrons. The van der Waals surface area contributed by atoms with Gasteiger partial charge in [-0.2, -0.15) is 0 Å². The average Bonchev–Trinajstić information content (AvgIpc) is 3.71. The Morgan fingerprint density at radius 3 is 2.07 bits per heavy atom. The molecule has 59 heavy (non-hydrogen) atoms. The van der Waals surface area contributed by atoms with Crippen LogP contribution in [0.2, 0.25) is 5.02 Å². The molecule has 5 saturated heterocycles. The lowest BCUT2D eigenvalue weighted by molar-refractivity contribution is -0.136. The van der Waals surface area contributed by atoms with Crippen LogP contribution in [0.1, 0.15) is 82.9 Å². The van der Waals surface area contributed by atoms with Crippen molar-refractivity contribution in [2.75, 3.05) is 73.6 Å². The molecule has 6 heterocycles. The number of benzene rings is 3. The molecule has 3 aromatic rings. The van der Waals surface area contributed by atoms with Crippen molar-refractivity contribution in [1.82, 2.24) is 20.0 Å². The van der Waals surface area contributed by atoms with E-state index in [9.17, 15) is 24.0 Å². The zero-order valence-electron chi connectivity index (χ0n) is 33.4. The SMILES string of the molecule is [C-]#[N+]c1ccc(N2CCC3(CCN(c4ccc(C(=O)N5CCN(C6CCN(c7ccc8c(c7)C(=O)N(C7CCC(=O)NC7=O)C8=O)CC6)CC5)cc4)CC3)C2C)cc1Cl. The van der Waals surface area contributed by atoms with E-state index >= 15 is 0 Å². The lowest BCUT2D eigenvalue weighted by Gasteiger charge is -2.44. The number of fused-ring (bicyclic) bond motifs is 1. The van der Waals surface area contributed by atoms with Gasteiger partial charge in [0.05, 0.1) is 17.7 Å². The Hall–Kier alpha value is -5.45. The number of halogens is 1. The first-order chi connectivity index (χ1) is 28.5. The molecule has 306 valence electrons. The van der Waals surface area contributed by atoms with Crippen molar-refractivity contribution in [3.05, 3.63) is 93.8 Å². The Labute approximate surface area is 349 Å². The largest absolute Gasteiger partial charge is 0.371 e. The summed E-state index contributed by atoms with van der Waals surface area (Å²) in [4.78, 5) is 80.4. The fraction of sp³-hybridized carbons (Fsp3) is 0.467. The summed E-state index contributed by atoms with van der Waals surface area (Å²) in [6.07, 6.45) is 5.47. The normalized spacial score (nSPS) is 23.8. The molecule has 6 aliphatic rings. The number of amides is 5. The summed E-state index contributed by atoms with van der Waals surface area (Å²) < 4.78 is 0. The number of nitrogens with zero attached hydrogens (tertiary/aromatic N) is 7.